The molecular weight excluding hydrogens is 477 g/mol. The van der Waals surface area contributed by atoms with Crippen molar-refractivity contribution in [3.05, 3.63) is 87.3 Å². The molecule has 0 spiro atoms. The van der Waals surface area contributed by atoms with Gasteiger partial charge in [0.25, 0.3) is 5.56 Å². The van der Waals surface area contributed by atoms with E-state index in [9.17, 15) is 18.8 Å². The van der Waals surface area contributed by atoms with Crippen molar-refractivity contribution in [1.29, 1.82) is 0 Å². The number of esters is 1. The van der Waals surface area contributed by atoms with Crippen LogP contribution in [0.15, 0.2) is 69.9 Å². The minimum Gasteiger partial charge on any atom is -0.462 e. The highest BCUT2D eigenvalue weighted by atomic mass is 32.2. The zero-order valence-corrected chi connectivity index (χ0v) is 19.7. The number of halogens is 1. The van der Waals surface area contributed by atoms with Gasteiger partial charge in [0, 0.05) is 0 Å². The lowest BCUT2D eigenvalue weighted by Gasteiger charge is -2.13. The molecule has 34 heavy (non-hydrogen) atoms. The fourth-order valence-electron chi connectivity index (χ4n) is 3.24. The molecule has 0 aliphatic rings. The molecule has 1 amide bonds. The van der Waals surface area contributed by atoms with Crippen molar-refractivity contribution in [3.63, 3.8) is 0 Å². The highest BCUT2D eigenvalue weighted by Gasteiger charge is 2.17. The number of thioether (sulfide) groups is 1. The minimum atomic E-state index is -0.524. The second-order valence-corrected chi connectivity index (χ2v) is 9.01. The molecule has 0 unspecified atom stereocenters. The van der Waals surface area contributed by atoms with Crippen molar-refractivity contribution < 1.29 is 18.7 Å². The van der Waals surface area contributed by atoms with Gasteiger partial charge < -0.3 is 10.1 Å². The largest absolute Gasteiger partial charge is 0.462 e. The molecule has 2 aromatic carbocycles. The number of carbonyl (C=O) groups is 2. The average Bonchev–Trinajstić information content (AvgIpc) is 3.30. The standard InChI is InChI=1S/C24H20FN3O4S2/c1-2-32-23(31)17-5-3-4-6-18(17)26-20(29)14-34-24-27-19-11-12-33-21(19)22(30)28(24)13-15-7-9-16(25)10-8-15/h3-12H,2,13-14H2,1H3,(H,26,29). The van der Waals surface area contributed by atoms with Gasteiger partial charge in [0.1, 0.15) is 10.5 Å². The number of amides is 1. The number of carbonyl (C=O) groups excluding carboxylic acids is 2. The van der Waals surface area contributed by atoms with Gasteiger partial charge in [-0.05, 0) is 48.2 Å². The normalized spacial score (nSPS) is 10.9. The summed E-state index contributed by atoms with van der Waals surface area (Å²) < 4.78 is 20.3. The molecule has 0 atom stereocenters. The molecule has 0 fully saturated rings. The van der Waals surface area contributed by atoms with E-state index in [0.717, 1.165) is 17.3 Å². The van der Waals surface area contributed by atoms with Gasteiger partial charge in [-0.15, -0.1) is 11.3 Å². The Kier molecular flexibility index (Phi) is 7.39. The van der Waals surface area contributed by atoms with E-state index in [0.29, 0.717) is 21.1 Å². The molecule has 7 nitrogen and oxygen atoms in total. The van der Waals surface area contributed by atoms with Crippen molar-refractivity contribution in [2.75, 3.05) is 17.7 Å². The van der Waals surface area contributed by atoms with E-state index in [1.165, 1.54) is 28.0 Å². The molecule has 0 saturated carbocycles. The molecule has 2 aromatic heterocycles. The Labute approximate surface area is 202 Å². The van der Waals surface area contributed by atoms with Crippen molar-refractivity contribution in [1.82, 2.24) is 9.55 Å². The third-order valence-corrected chi connectivity index (χ3v) is 6.68. The van der Waals surface area contributed by atoms with Gasteiger partial charge in [0.15, 0.2) is 5.16 Å². The molecule has 4 rings (SSSR count). The maximum atomic E-state index is 13.3. The first kappa shape index (κ1) is 23.7. The SMILES string of the molecule is CCOC(=O)c1ccccc1NC(=O)CSc1nc2ccsc2c(=O)n1Cc1ccc(F)cc1. The summed E-state index contributed by atoms with van der Waals surface area (Å²) in [5.41, 5.74) is 1.67. The lowest BCUT2D eigenvalue weighted by atomic mass is 10.2. The van der Waals surface area contributed by atoms with Crippen LogP contribution in [-0.4, -0.2) is 33.8 Å². The van der Waals surface area contributed by atoms with E-state index in [1.807, 2.05) is 0 Å². The molecule has 0 aliphatic heterocycles. The number of anilines is 1. The number of nitrogens with zero attached hydrogens (tertiary/aromatic N) is 2. The lowest BCUT2D eigenvalue weighted by molar-refractivity contribution is -0.113. The van der Waals surface area contributed by atoms with Gasteiger partial charge in [-0.25, -0.2) is 14.2 Å². The van der Waals surface area contributed by atoms with Crippen LogP contribution in [0.2, 0.25) is 0 Å². The Morgan fingerprint density at radius 3 is 2.68 bits per heavy atom. The van der Waals surface area contributed by atoms with Crippen LogP contribution in [-0.2, 0) is 16.1 Å². The van der Waals surface area contributed by atoms with Crippen molar-refractivity contribution in [2.24, 2.45) is 0 Å². The topological polar surface area (TPSA) is 90.3 Å². The number of para-hydroxylation sites is 1. The summed E-state index contributed by atoms with van der Waals surface area (Å²) in [5.74, 6) is -1.29. The molecule has 1 N–H and O–H groups in total. The number of benzene rings is 2. The van der Waals surface area contributed by atoms with E-state index < -0.39 is 5.97 Å². The van der Waals surface area contributed by atoms with Crippen LogP contribution < -0.4 is 10.9 Å². The Morgan fingerprint density at radius 2 is 1.91 bits per heavy atom. The van der Waals surface area contributed by atoms with Crippen molar-refractivity contribution in [3.8, 4) is 0 Å². The summed E-state index contributed by atoms with van der Waals surface area (Å²) in [6, 6.07) is 14.2. The maximum Gasteiger partial charge on any atom is 0.340 e. The minimum absolute atomic E-state index is 0.0390. The van der Waals surface area contributed by atoms with E-state index >= 15 is 0 Å². The smallest absolute Gasteiger partial charge is 0.340 e. The van der Waals surface area contributed by atoms with Gasteiger partial charge in [-0.2, -0.15) is 0 Å². The number of thiophene rings is 1. The number of hydrogen-bond donors (Lipinski definition) is 1. The van der Waals surface area contributed by atoms with Gasteiger partial charge in [0.2, 0.25) is 5.91 Å². The van der Waals surface area contributed by atoms with E-state index in [1.54, 1.807) is 54.8 Å². The van der Waals surface area contributed by atoms with Crippen LogP contribution in [0.25, 0.3) is 10.2 Å². The molecule has 0 aliphatic carbocycles. The summed E-state index contributed by atoms with van der Waals surface area (Å²) in [4.78, 5) is 42.5. The quantitative estimate of drug-likeness (QED) is 0.218. The molecule has 0 saturated heterocycles. The molecule has 4 aromatic rings. The first-order valence-corrected chi connectivity index (χ1v) is 12.2. The molecule has 10 heteroatoms. The zero-order chi connectivity index (χ0) is 24.1. The fourth-order valence-corrected chi connectivity index (χ4v) is 4.82. The van der Waals surface area contributed by atoms with Crippen molar-refractivity contribution >= 4 is 50.9 Å². The lowest BCUT2D eigenvalue weighted by Crippen LogP contribution is -2.24. The van der Waals surface area contributed by atoms with E-state index in [-0.39, 0.29) is 41.8 Å². The highest BCUT2D eigenvalue weighted by molar-refractivity contribution is 7.99. The number of ether oxygens (including phenoxy) is 1. The average molecular weight is 498 g/mol. The first-order chi connectivity index (χ1) is 16.5. The summed E-state index contributed by atoms with van der Waals surface area (Å²) in [6.07, 6.45) is 0. The Hall–Kier alpha value is -3.50. The summed E-state index contributed by atoms with van der Waals surface area (Å²) >= 11 is 2.40. The third-order valence-electron chi connectivity index (χ3n) is 4.81. The summed E-state index contributed by atoms with van der Waals surface area (Å²) in [6.45, 7) is 2.12. The molecule has 2 heterocycles. The van der Waals surface area contributed by atoms with Crippen LogP contribution in [0, 0.1) is 5.82 Å². The van der Waals surface area contributed by atoms with Crippen molar-refractivity contribution in [2.45, 2.75) is 18.6 Å². The molecule has 0 radical (unpaired) electrons. The molecule has 174 valence electrons. The van der Waals surface area contributed by atoms with Gasteiger partial charge in [-0.1, -0.05) is 36.0 Å². The van der Waals surface area contributed by atoms with Gasteiger partial charge in [-0.3, -0.25) is 14.2 Å². The van der Waals surface area contributed by atoms with Crippen LogP contribution in [0.3, 0.4) is 0 Å². The Bertz CT molecular complexity index is 1400. The van der Waals surface area contributed by atoms with Crippen LogP contribution in [0.4, 0.5) is 10.1 Å². The van der Waals surface area contributed by atoms with E-state index in [2.05, 4.69) is 10.3 Å². The maximum absolute atomic E-state index is 13.3. The Morgan fingerprint density at radius 1 is 1.15 bits per heavy atom. The first-order valence-electron chi connectivity index (χ1n) is 10.4. The second-order valence-electron chi connectivity index (χ2n) is 7.15. The molecular formula is C24H20FN3O4S2. The fraction of sp³-hybridized carbons (Fsp3) is 0.167. The number of rotatable bonds is 8. The van der Waals surface area contributed by atoms with Crippen LogP contribution in [0.1, 0.15) is 22.8 Å². The predicted molar refractivity (Wildman–Crippen MR) is 131 cm³/mol. The monoisotopic (exact) mass is 497 g/mol. The summed E-state index contributed by atoms with van der Waals surface area (Å²) in [7, 11) is 0. The van der Waals surface area contributed by atoms with Gasteiger partial charge >= 0.3 is 5.97 Å². The number of nitrogens with one attached hydrogen (secondary N) is 1. The summed E-state index contributed by atoms with van der Waals surface area (Å²) in [5, 5.41) is 4.88. The zero-order valence-electron chi connectivity index (χ0n) is 18.1. The van der Waals surface area contributed by atoms with Crippen LogP contribution >= 0.6 is 23.1 Å². The predicted octanol–water partition coefficient (Wildman–Crippen LogP) is 4.55. The van der Waals surface area contributed by atoms with Crippen LogP contribution in [0.5, 0.6) is 0 Å². The number of hydrogen-bond acceptors (Lipinski definition) is 7. The Balaban J connectivity index is 1.55. The highest BCUT2D eigenvalue weighted by Crippen LogP contribution is 2.23. The molecule has 0 bridgehead atoms. The van der Waals surface area contributed by atoms with Gasteiger partial charge in [0.05, 0.1) is 35.7 Å². The second kappa shape index (κ2) is 10.6. The number of aromatic nitrogens is 2. The third kappa shape index (κ3) is 5.35. The number of fused-ring (bicyclic) bond motifs is 1. The van der Waals surface area contributed by atoms with E-state index in [4.69, 9.17) is 4.74 Å².